The summed E-state index contributed by atoms with van der Waals surface area (Å²) in [7, 11) is 0. The van der Waals surface area contributed by atoms with Crippen molar-refractivity contribution in [1.82, 2.24) is 10.6 Å². The van der Waals surface area contributed by atoms with Crippen molar-refractivity contribution < 1.29 is 23.0 Å². The van der Waals surface area contributed by atoms with Gasteiger partial charge < -0.3 is 20.1 Å². The zero-order valence-electron chi connectivity index (χ0n) is 20.4. The van der Waals surface area contributed by atoms with Crippen molar-refractivity contribution in [3.63, 3.8) is 0 Å². The van der Waals surface area contributed by atoms with Crippen LogP contribution in [0.2, 0.25) is 0 Å². The minimum atomic E-state index is -0.640. The summed E-state index contributed by atoms with van der Waals surface area (Å²) in [5, 5.41) is 6.40. The van der Waals surface area contributed by atoms with Crippen molar-refractivity contribution in [2.24, 2.45) is 5.92 Å². The number of para-hydroxylation sites is 1. The first kappa shape index (κ1) is 25.0. The first-order valence-corrected chi connectivity index (χ1v) is 12.5. The lowest BCUT2D eigenvalue weighted by molar-refractivity contribution is 0.108. The second kappa shape index (κ2) is 11.1. The Morgan fingerprint density at radius 1 is 1.05 bits per heavy atom. The normalized spacial score (nSPS) is 23.8. The highest BCUT2D eigenvalue weighted by atomic mass is 19.1. The predicted molar refractivity (Wildman–Crippen MR) is 138 cm³/mol. The van der Waals surface area contributed by atoms with E-state index in [1.165, 1.54) is 17.7 Å². The fourth-order valence-corrected chi connectivity index (χ4v) is 5.67. The zero-order valence-corrected chi connectivity index (χ0v) is 20.4. The number of carbonyl (C=O) groups is 1. The maximum Gasteiger partial charge on any atom is 0.407 e. The highest BCUT2D eigenvalue weighted by Gasteiger charge is 2.44. The quantitative estimate of drug-likeness (QED) is 0.385. The number of ether oxygens (including phenoxy) is 2. The van der Waals surface area contributed by atoms with Gasteiger partial charge in [-0.15, -0.1) is 0 Å². The third-order valence-corrected chi connectivity index (χ3v) is 7.16. The first-order valence-electron chi connectivity index (χ1n) is 12.5. The maximum atomic E-state index is 13.8. The molecule has 1 amide bonds. The van der Waals surface area contributed by atoms with Crippen molar-refractivity contribution in [3.8, 4) is 5.75 Å². The summed E-state index contributed by atoms with van der Waals surface area (Å²) in [6.45, 7) is 4.90. The Morgan fingerprint density at radius 3 is 2.54 bits per heavy atom. The number of hydrogen-bond donors (Lipinski definition) is 2. The molecule has 5 atom stereocenters. The summed E-state index contributed by atoms with van der Waals surface area (Å²) >= 11 is 0. The smallest absolute Gasteiger partial charge is 0.407 e. The van der Waals surface area contributed by atoms with Crippen LogP contribution in [0.5, 0.6) is 5.75 Å². The van der Waals surface area contributed by atoms with Gasteiger partial charge in [-0.25, -0.2) is 13.6 Å². The van der Waals surface area contributed by atoms with Gasteiger partial charge in [0.15, 0.2) is 0 Å². The van der Waals surface area contributed by atoms with E-state index in [0.717, 1.165) is 30.3 Å². The average molecular weight is 505 g/mol. The standard InChI is InChI=1S/C30H30F2N2O3/c1-2-12-36-27-11-7-6-10-24(27)28(20-8-4-3-5-9-20)21-16-25(33-18-21)29-26(34-30(35)37-29)15-19-13-22(31)17-23(32)14-19/h2-11,13-14,17,21,25-26,28-29,33H,1,12,15-16,18H2,(H,34,35)/t21-,25+,26-,28?,29-/m0/s1. The van der Waals surface area contributed by atoms with Crippen LogP contribution in [0.1, 0.15) is 29.0 Å². The lowest BCUT2D eigenvalue weighted by Crippen LogP contribution is -2.44. The van der Waals surface area contributed by atoms with Gasteiger partial charge in [0.05, 0.1) is 6.04 Å². The number of halogens is 2. The fourth-order valence-electron chi connectivity index (χ4n) is 5.67. The summed E-state index contributed by atoms with van der Waals surface area (Å²) in [6.07, 6.45) is 1.78. The van der Waals surface area contributed by atoms with Gasteiger partial charge in [-0.3, -0.25) is 0 Å². The molecule has 0 radical (unpaired) electrons. The Hall–Kier alpha value is -3.71. The van der Waals surface area contributed by atoms with E-state index in [9.17, 15) is 13.6 Å². The molecule has 2 fully saturated rings. The number of carbonyl (C=O) groups excluding carboxylic acids is 1. The van der Waals surface area contributed by atoms with Gasteiger partial charge in [-0.1, -0.05) is 61.2 Å². The van der Waals surface area contributed by atoms with E-state index in [2.05, 4.69) is 35.4 Å². The highest BCUT2D eigenvalue weighted by molar-refractivity contribution is 5.70. The maximum absolute atomic E-state index is 13.8. The number of cyclic esters (lactones) is 1. The molecule has 37 heavy (non-hydrogen) atoms. The van der Waals surface area contributed by atoms with Crippen molar-refractivity contribution in [2.45, 2.75) is 36.9 Å². The van der Waals surface area contributed by atoms with Crippen molar-refractivity contribution in [1.29, 1.82) is 0 Å². The Balaban J connectivity index is 1.39. The molecule has 2 heterocycles. The summed E-state index contributed by atoms with van der Waals surface area (Å²) < 4.78 is 39.2. The molecule has 5 nitrogen and oxygen atoms in total. The van der Waals surface area contributed by atoms with Crippen LogP contribution in [0.3, 0.4) is 0 Å². The van der Waals surface area contributed by atoms with E-state index in [0.29, 0.717) is 12.2 Å². The molecule has 2 aliphatic heterocycles. The van der Waals surface area contributed by atoms with Crippen LogP contribution in [0.4, 0.5) is 13.6 Å². The number of alkyl carbamates (subject to hydrolysis) is 1. The van der Waals surface area contributed by atoms with Crippen molar-refractivity contribution >= 4 is 6.09 Å². The summed E-state index contributed by atoms with van der Waals surface area (Å²) in [4.78, 5) is 12.2. The Bertz CT molecular complexity index is 1230. The number of rotatable bonds is 9. The van der Waals surface area contributed by atoms with E-state index in [-0.39, 0.29) is 24.3 Å². The van der Waals surface area contributed by atoms with Crippen LogP contribution in [0.15, 0.2) is 85.5 Å². The molecule has 0 bridgehead atoms. The Morgan fingerprint density at radius 2 is 1.78 bits per heavy atom. The SMILES string of the molecule is C=CCOc1ccccc1C(c1ccccc1)[C@@H]1CN[C@@H]([C@@H]2OC(=O)N[C@H]2Cc2cc(F)cc(F)c2)C1. The number of nitrogens with one attached hydrogen (secondary N) is 2. The fraction of sp³-hybridized carbons (Fsp3) is 0.300. The van der Waals surface area contributed by atoms with Gasteiger partial charge in [-0.05, 0) is 54.6 Å². The molecule has 192 valence electrons. The molecule has 5 rings (SSSR count). The van der Waals surface area contributed by atoms with Gasteiger partial charge in [0.25, 0.3) is 0 Å². The Kier molecular flexibility index (Phi) is 7.51. The molecular formula is C30H30F2N2O3. The highest BCUT2D eigenvalue weighted by Crippen LogP contribution is 2.42. The minimum Gasteiger partial charge on any atom is -0.489 e. The van der Waals surface area contributed by atoms with Gasteiger partial charge in [0, 0.05) is 23.6 Å². The van der Waals surface area contributed by atoms with E-state index >= 15 is 0 Å². The molecule has 2 N–H and O–H groups in total. The molecule has 3 aromatic rings. The average Bonchev–Trinajstić information content (AvgIpc) is 3.50. The minimum absolute atomic E-state index is 0.0561. The van der Waals surface area contributed by atoms with Crippen molar-refractivity contribution in [3.05, 3.63) is 114 Å². The molecule has 1 unspecified atom stereocenters. The topological polar surface area (TPSA) is 59.6 Å². The third-order valence-electron chi connectivity index (χ3n) is 7.16. The van der Waals surface area contributed by atoms with Crippen LogP contribution < -0.4 is 15.4 Å². The van der Waals surface area contributed by atoms with E-state index < -0.39 is 29.9 Å². The first-order chi connectivity index (χ1) is 18.0. The largest absolute Gasteiger partial charge is 0.489 e. The second-order valence-corrected chi connectivity index (χ2v) is 9.64. The van der Waals surface area contributed by atoms with Gasteiger partial charge in [0.2, 0.25) is 0 Å². The van der Waals surface area contributed by atoms with Crippen LogP contribution in [-0.2, 0) is 11.2 Å². The molecule has 0 spiro atoms. The van der Waals surface area contributed by atoms with Crippen LogP contribution in [-0.4, -0.2) is 37.4 Å². The third kappa shape index (κ3) is 5.67. The zero-order chi connectivity index (χ0) is 25.8. The molecular weight excluding hydrogens is 474 g/mol. The number of hydrogen-bond acceptors (Lipinski definition) is 4. The summed E-state index contributed by atoms with van der Waals surface area (Å²) in [5.74, 6) is -0.203. The summed E-state index contributed by atoms with van der Waals surface area (Å²) in [6, 6.07) is 21.3. The van der Waals surface area contributed by atoms with Crippen LogP contribution in [0, 0.1) is 17.6 Å². The van der Waals surface area contributed by atoms with Gasteiger partial charge in [-0.2, -0.15) is 0 Å². The van der Waals surface area contributed by atoms with E-state index in [4.69, 9.17) is 9.47 Å². The molecule has 2 saturated heterocycles. The molecule has 0 saturated carbocycles. The van der Waals surface area contributed by atoms with Crippen LogP contribution >= 0.6 is 0 Å². The molecule has 0 aromatic heterocycles. The lowest BCUT2D eigenvalue weighted by atomic mass is 9.78. The second-order valence-electron chi connectivity index (χ2n) is 9.64. The van der Waals surface area contributed by atoms with Crippen LogP contribution in [0.25, 0.3) is 0 Å². The lowest BCUT2D eigenvalue weighted by Gasteiger charge is -2.27. The van der Waals surface area contributed by atoms with E-state index in [1.807, 2.05) is 36.4 Å². The monoisotopic (exact) mass is 504 g/mol. The number of amides is 1. The molecule has 7 heteroatoms. The Labute approximate surface area is 215 Å². The van der Waals surface area contributed by atoms with Gasteiger partial charge >= 0.3 is 6.09 Å². The van der Waals surface area contributed by atoms with Gasteiger partial charge in [0.1, 0.15) is 30.1 Å². The molecule has 0 aliphatic carbocycles. The van der Waals surface area contributed by atoms with E-state index in [1.54, 1.807) is 6.08 Å². The summed E-state index contributed by atoms with van der Waals surface area (Å²) in [5.41, 5.74) is 2.75. The van der Waals surface area contributed by atoms with Crippen molar-refractivity contribution in [2.75, 3.05) is 13.2 Å². The molecule has 3 aromatic carbocycles. The number of benzene rings is 3. The predicted octanol–water partition coefficient (Wildman–Crippen LogP) is 5.36. The molecule has 2 aliphatic rings.